The molecule has 1 aliphatic rings. The third kappa shape index (κ3) is 31.2. The zero-order valence-electron chi connectivity index (χ0n) is 39.0. The Morgan fingerprint density at radius 1 is 0.545 bits per heavy atom. The largest absolute Gasteiger partial charge is 0.472 e. The van der Waals surface area contributed by atoms with Crippen molar-refractivity contribution < 1.29 is 68.2 Å². The molecule has 9 atom stereocenters. The Labute approximate surface area is 393 Å². The molecule has 1 saturated carbocycles. The fourth-order valence-electron chi connectivity index (χ4n) is 6.15. The lowest BCUT2D eigenvalue weighted by molar-refractivity contribution is -0.220. The lowest BCUT2D eigenvalue weighted by Gasteiger charge is -2.41. The maximum absolute atomic E-state index is 12.8. The number of unbranched alkanes of at least 4 members (excludes halogenated alkanes) is 4. The van der Waals surface area contributed by atoms with Crippen molar-refractivity contribution in [2.24, 2.45) is 0 Å². The molecule has 0 amide bonds. The van der Waals surface area contributed by atoms with Gasteiger partial charge in [-0.05, 0) is 83.5 Å². The van der Waals surface area contributed by atoms with Crippen molar-refractivity contribution >= 4 is 19.8 Å². The summed E-state index contributed by atoms with van der Waals surface area (Å²) in [6, 6.07) is 0. The number of carbonyl (C=O) groups is 2. The maximum atomic E-state index is 12.8. The summed E-state index contributed by atoms with van der Waals surface area (Å²) in [6.45, 7) is 2.88. The fourth-order valence-corrected chi connectivity index (χ4v) is 7.12. The molecule has 0 aromatic rings. The first-order chi connectivity index (χ1) is 31.8. The summed E-state index contributed by atoms with van der Waals surface area (Å²) >= 11 is 0. The van der Waals surface area contributed by atoms with E-state index in [2.05, 4.69) is 98.9 Å². The summed E-state index contributed by atoms with van der Waals surface area (Å²) in [5, 5.41) is 60.4. The number of aliphatic hydroxyl groups excluding tert-OH is 6. The number of allylic oxidation sites excluding steroid dienone is 18. The molecular formula is C51H79O14P. The molecular weight excluding hydrogens is 868 g/mol. The second-order valence-electron chi connectivity index (χ2n) is 15.7. The minimum Gasteiger partial charge on any atom is -0.462 e. The molecule has 7 N–H and O–H groups in total. The topological polar surface area (TPSA) is 230 Å². The molecule has 0 aliphatic heterocycles. The van der Waals surface area contributed by atoms with Crippen molar-refractivity contribution in [2.75, 3.05) is 13.2 Å². The van der Waals surface area contributed by atoms with Gasteiger partial charge in [-0.25, -0.2) is 4.57 Å². The van der Waals surface area contributed by atoms with Gasteiger partial charge in [0.2, 0.25) is 0 Å². The highest BCUT2D eigenvalue weighted by atomic mass is 31.2. The van der Waals surface area contributed by atoms with Crippen LogP contribution in [0.25, 0.3) is 0 Å². The normalized spacial score (nSPS) is 22.9. The highest BCUT2D eigenvalue weighted by Gasteiger charge is 2.51. The first kappa shape index (κ1) is 60.2. The predicted molar refractivity (Wildman–Crippen MR) is 259 cm³/mol. The van der Waals surface area contributed by atoms with Crippen molar-refractivity contribution in [1.29, 1.82) is 0 Å². The molecule has 1 aliphatic carbocycles. The van der Waals surface area contributed by atoms with Gasteiger partial charge >= 0.3 is 19.8 Å². The van der Waals surface area contributed by atoms with E-state index in [1.54, 1.807) is 24.3 Å². The van der Waals surface area contributed by atoms with Crippen LogP contribution in [0.3, 0.4) is 0 Å². The molecule has 0 radical (unpaired) electrons. The number of hydrogen-bond donors (Lipinski definition) is 7. The summed E-state index contributed by atoms with van der Waals surface area (Å²) < 4.78 is 33.4. The Hall–Kier alpha value is -3.79. The first-order valence-corrected chi connectivity index (χ1v) is 24.9. The van der Waals surface area contributed by atoms with E-state index in [1.807, 2.05) is 12.2 Å². The van der Waals surface area contributed by atoms with Crippen LogP contribution in [0.5, 0.6) is 0 Å². The molecule has 0 spiro atoms. The smallest absolute Gasteiger partial charge is 0.462 e. The minimum absolute atomic E-state index is 0.0936. The monoisotopic (exact) mass is 947 g/mol. The van der Waals surface area contributed by atoms with Gasteiger partial charge in [0.1, 0.15) is 43.2 Å². The van der Waals surface area contributed by atoms with Crippen LogP contribution in [0, 0.1) is 0 Å². The molecule has 15 heteroatoms. The van der Waals surface area contributed by atoms with E-state index in [1.165, 1.54) is 0 Å². The van der Waals surface area contributed by atoms with E-state index < -0.39 is 81.8 Å². The van der Waals surface area contributed by atoms with Crippen LogP contribution in [-0.4, -0.2) is 110 Å². The van der Waals surface area contributed by atoms with E-state index in [-0.39, 0.29) is 19.3 Å². The van der Waals surface area contributed by atoms with Crippen LogP contribution in [0.2, 0.25) is 0 Å². The highest BCUT2D eigenvalue weighted by molar-refractivity contribution is 7.47. The zero-order valence-corrected chi connectivity index (χ0v) is 39.9. The van der Waals surface area contributed by atoms with Gasteiger partial charge in [-0.15, -0.1) is 0 Å². The molecule has 0 aromatic heterocycles. The van der Waals surface area contributed by atoms with Gasteiger partial charge in [0.15, 0.2) is 6.10 Å². The predicted octanol–water partition coefficient (Wildman–Crippen LogP) is 8.36. The molecule has 1 fully saturated rings. The lowest BCUT2D eigenvalue weighted by Crippen LogP contribution is -2.64. The van der Waals surface area contributed by atoms with E-state index in [0.29, 0.717) is 12.8 Å². The van der Waals surface area contributed by atoms with E-state index >= 15 is 0 Å². The molecule has 372 valence electrons. The average molecular weight is 947 g/mol. The van der Waals surface area contributed by atoms with E-state index in [0.717, 1.165) is 77.0 Å². The Kier molecular flexibility index (Phi) is 35.8. The summed E-state index contributed by atoms with van der Waals surface area (Å²) in [5.41, 5.74) is 0. The summed E-state index contributed by atoms with van der Waals surface area (Å²) in [5.74, 6) is -1.32. The SMILES string of the molecule is CC/C=C\C/C=C\C/C=C\C/C=C\C=C/C(O)C/C=C\CCC(=O)O[C@H](COC(=O)CCCCCC/C=C\C/C=C\C/C=C\C/C=C\CC)COP(=O)(O)OC1[C@H](O)[C@H](O)C(O)[C@H](O)[C@H]1O. The number of phosphoric ester groups is 1. The van der Waals surface area contributed by atoms with Gasteiger partial charge in [-0.2, -0.15) is 0 Å². The van der Waals surface area contributed by atoms with Crippen LogP contribution >= 0.6 is 7.82 Å². The Balaban J connectivity index is 2.58. The quantitative estimate of drug-likeness (QED) is 0.0103. The highest BCUT2D eigenvalue weighted by Crippen LogP contribution is 2.47. The Morgan fingerprint density at radius 2 is 1.03 bits per heavy atom. The number of phosphoric acid groups is 1. The molecule has 0 bridgehead atoms. The van der Waals surface area contributed by atoms with Crippen molar-refractivity contribution in [1.82, 2.24) is 0 Å². The summed E-state index contributed by atoms with van der Waals surface area (Å²) in [4.78, 5) is 35.7. The third-order valence-electron chi connectivity index (χ3n) is 9.89. The first-order valence-electron chi connectivity index (χ1n) is 23.4. The van der Waals surface area contributed by atoms with Gasteiger partial charge in [-0.3, -0.25) is 18.6 Å². The van der Waals surface area contributed by atoms with Crippen LogP contribution in [0.15, 0.2) is 122 Å². The maximum Gasteiger partial charge on any atom is 0.472 e. The van der Waals surface area contributed by atoms with Crippen molar-refractivity contribution in [2.45, 2.75) is 172 Å². The number of carbonyl (C=O) groups excluding carboxylic acids is 2. The van der Waals surface area contributed by atoms with Crippen molar-refractivity contribution in [3.05, 3.63) is 122 Å². The summed E-state index contributed by atoms with van der Waals surface area (Å²) in [7, 11) is -5.18. The second kappa shape index (κ2) is 39.2. The standard InChI is InChI=1S/C51H79O14P/c1-3-5-7-9-11-13-15-17-18-19-20-22-24-26-28-30-34-38-44(53)62-40-43(41-63-66(60,61)65-51-49(58)47(56)46(55)48(57)50(51)59)64-45(54)39-35-31-33-37-42(52)36-32-29-27-25-23-21-16-14-12-10-8-6-4-2/h5-8,11-14,17-18,20-23,27,29,31-33,36,42-43,46-52,55-59H,3-4,9-10,15-16,19,24-26,28,30,34-35,37-41H2,1-2H3,(H,60,61)/b7-5-,8-6-,13-11-,14-12-,18-17-,22-20-,23-21-,29-27-,33-31-,36-32-/t42?,43-,46?,47-,48+,49-,50-,51?/m1/s1. The number of hydrogen-bond acceptors (Lipinski definition) is 13. The van der Waals surface area contributed by atoms with Gasteiger partial charge < -0.3 is 45.0 Å². The molecule has 0 saturated heterocycles. The summed E-state index contributed by atoms with van der Waals surface area (Å²) in [6.07, 6.45) is 38.4. The third-order valence-corrected chi connectivity index (χ3v) is 10.9. The Bertz CT molecular complexity index is 1630. The number of esters is 2. The lowest BCUT2D eigenvalue weighted by atomic mass is 9.85. The second-order valence-corrected chi connectivity index (χ2v) is 17.1. The molecule has 4 unspecified atom stereocenters. The van der Waals surface area contributed by atoms with E-state index in [4.69, 9.17) is 18.5 Å². The van der Waals surface area contributed by atoms with Gasteiger partial charge in [0.05, 0.1) is 12.7 Å². The number of rotatable bonds is 36. The average Bonchev–Trinajstić information content (AvgIpc) is 3.29. The van der Waals surface area contributed by atoms with Gasteiger partial charge in [0.25, 0.3) is 0 Å². The van der Waals surface area contributed by atoms with Gasteiger partial charge in [-0.1, -0.05) is 148 Å². The number of ether oxygens (including phenoxy) is 2. The zero-order chi connectivity index (χ0) is 48.7. The minimum atomic E-state index is -5.18. The van der Waals surface area contributed by atoms with E-state index in [9.17, 15) is 49.7 Å². The van der Waals surface area contributed by atoms with Crippen molar-refractivity contribution in [3.63, 3.8) is 0 Å². The fraction of sp³-hybridized carbons (Fsp3) is 0.569. The van der Waals surface area contributed by atoms with Gasteiger partial charge in [0, 0.05) is 12.8 Å². The van der Waals surface area contributed by atoms with Crippen LogP contribution in [0.4, 0.5) is 0 Å². The molecule has 0 heterocycles. The molecule has 66 heavy (non-hydrogen) atoms. The number of aliphatic hydroxyl groups is 6. The molecule has 14 nitrogen and oxygen atoms in total. The van der Waals surface area contributed by atoms with Crippen LogP contribution in [0.1, 0.15) is 123 Å². The molecule has 0 aromatic carbocycles. The van der Waals surface area contributed by atoms with Crippen LogP contribution < -0.4 is 0 Å². The van der Waals surface area contributed by atoms with Crippen LogP contribution in [-0.2, 0) is 32.7 Å². The van der Waals surface area contributed by atoms with Crippen molar-refractivity contribution in [3.8, 4) is 0 Å². The molecule has 1 rings (SSSR count). The Morgan fingerprint density at radius 3 is 1.59 bits per heavy atom.